The van der Waals surface area contributed by atoms with Crippen molar-refractivity contribution in [3.63, 3.8) is 0 Å². The van der Waals surface area contributed by atoms with Gasteiger partial charge in [0.1, 0.15) is 11.4 Å². The van der Waals surface area contributed by atoms with Gasteiger partial charge in [0.15, 0.2) is 0 Å². The SMILES string of the molecule is CCCCCCCCCCCCCCOc1ccc([N+](C)(C)C)cc1.[Br-]. The van der Waals surface area contributed by atoms with Crippen molar-refractivity contribution >= 4 is 5.69 Å². The van der Waals surface area contributed by atoms with Crippen molar-refractivity contribution in [2.45, 2.75) is 84.0 Å². The molecule has 3 heteroatoms. The van der Waals surface area contributed by atoms with Gasteiger partial charge in [0.05, 0.1) is 27.7 Å². The van der Waals surface area contributed by atoms with E-state index in [0.717, 1.165) is 16.8 Å². The maximum Gasteiger partial charge on any atom is 0.132 e. The number of halogens is 1. The number of unbranched alkanes of at least 4 members (excludes halogenated alkanes) is 11. The Morgan fingerprint density at radius 3 is 1.50 bits per heavy atom. The fraction of sp³-hybridized carbons (Fsp3) is 0.739. The lowest BCUT2D eigenvalue weighted by molar-refractivity contribution is -0.00000617. The van der Waals surface area contributed by atoms with Gasteiger partial charge in [-0.1, -0.05) is 77.6 Å². The summed E-state index contributed by atoms with van der Waals surface area (Å²) in [5.41, 5.74) is 1.30. The lowest BCUT2D eigenvalue weighted by atomic mass is 10.1. The number of ether oxygens (including phenoxy) is 1. The molecule has 152 valence electrons. The Kier molecular flexibility index (Phi) is 15.2. The van der Waals surface area contributed by atoms with E-state index >= 15 is 0 Å². The van der Waals surface area contributed by atoms with Gasteiger partial charge in [0.25, 0.3) is 0 Å². The molecule has 26 heavy (non-hydrogen) atoms. The first kappa shape index (κ1) is 25.5. The lowest BCUT2D eigenvalue weighted by Gasteiger charge is -2.23. The van der Waals surface area contributed by atoms with Crippen LogP contribution in [-0.2, 0) is 0 Å². The van der Waals surface area contributed by atoms with Gasteiger partial charge in [-0.25, -0.2) is 0 Å². The van der Waals surface area contributed by atoms with E-state index in [1.807, 2.05) is 0 Å². The van der Waals surface area contributed by atoms with E-state index in [1.54, 1.807) is 0 Å². The first-order valence-electron chi connectivity index (χ1n) is 10.6. The maximum absolute atomic E-state index is 5.86. The molecule has 0 amide bonds. The van der Waals surface area contributed by atoms with Gasteiger partial charge in [-0.2, -0.15) is 0 Å². The molecule has 0 heterocycles. The van der Waals surface area contributed by atoms with Crippen LogP contribution in [-0.4, -0.2) is 27.7 Å². The topological polar surface area (TPSA) is 9.23 Å². The third kappa shape index (κ3) is 12.8. The number of quaternary nitrogens is 1. The van der Waals surface area contributed by atoms with Crippen LogP contribution in [0.3, 0.4) is 0 Å². The molecule has 0 saturated carbocycles. The molecule has 0 radical (unpaired) electrons. The largest absolute Gasteiger partial charge is 1.00 e. The molecule has 0 fully saturated rings. The average molecular weight is 428 g/mol. The minimum absolute atomic E-state index is 0. The molecule has 1 aromatic carbocycles. The summed E-state index contributed by atoms with van der Waals surface area (Å²) >= 11 is 0. The van der Waals surface area contributed by atoms with Crippen LogP contribution in [0.15, 0.2) is 24.3 Å². The minimum atomic E-state index is 0. The smallest absolute Gasteiger partial charge is 0.132 e. The van der Waals surface area contributed by atoms with Gasteiger partial charge < -0.3 is 21.7 Å². The predicted octanol–water partition coefficient (Wildman–Crippen LogP) is 3.97. The third-order valence-electron chi connectivity index (χ3n) is 4.88. The molecular formula is C23H42BrNO. The van der Waals surface area contributed by atoms with Crippen LogP contribution in [0.25, 0.3) is 0 Å². The van der Waals surface area contributed by atoms with Crippen LogP contribution in [0.2, 0.25) is 0 Å². The van der Waals surface area contributed by atoms with Gasteiger partial charge in [-0.05, 0) is 18.6 Å². The van der Waals surface area contributed by atoms with E-state index in [-0.39, 0.29) is 17.0 Å². The normalized spacial score (nSPS) is 11.2. The Morgan fingerprint density at radius 2 is 1.08 bits per heavy atom. The summed E-state index contributed by atoms with van der Waals surface area (Å²) in [6.45, 7) is 3.13. The fourth-order valence-corrected chi connectivity index (χ4v) is 3.12. The van der Waals surface area contributed by atoms with Gasteiger partial charge in [0, 0.05) is 12.1 Å². The van der Waals surface area contributed by atoms with Gasteiger partial charge >= 0.3 is 0 Å². The van der Waals surface area contributed by atoms with Crippen LogP contribution >= 0.6 is 0 Å². The first-order chi connectivity index (χ1) is 12.0. The second-order valence-electron chi connectivity index (χ2n) is 8.24. The van der Waals surface area contributed by atoms with E-state index in [4.69, 9.17) is 4.74 Å². The second kappa shape index (κ2) is 15.5. The molecule has 0 bridgehead atoms. The molecule has 0 aliphatic carbocycles. The van der Waals surface area contributed by atoms with Gasteiger partial charge in [-0.3, -0.25) is 4.48 Å². The van der Waals surface area contributed by atoms with E-state index in [9.17, 15) is 0 Å². The van der Waals surface area contributed by atoms with Crippen molar-refractivity contribution in [2.75, 3.05) is 27.7 Å². The molecule has 0 N–H and O–H groups in total. The first-order valence-corrected chi connectivity index (χ1v) is 10.6. The molecule has 2 nitrogen and oxygen atoms in total. The summed E-state index contributed by atoms with van der Waals surface area (Å²) < 4.78 is 6.70. The van der Waals surface area contributed by atoms with Crippen LogP contribution in [0.4, 0.5) is 5.69 Å². The summed E-state index contributed by atoms with van der Waals surface area (Å²) in [5, 5.41) is 0. The third-order valence-corrected chi connectivity index (χ3v) is 4.88. The Hall–Kier alpha value is -0.540. The Labute approximate surface area is 173 Å². The Bertz CT molecular complexity index is 425. The average Bonchev–Trinajstić information content (AvgIpc) is 2.58. The molecule has 1 aromatic rings. The molecule has 0 spiro atoms. The number of rotatable bonds is 15. The summed E-state index contributed by atoms with van der Waals surface area (Å²) in [6, 6.07) is 8.52. The highest BCUT2D eigenvalue weighted by Gasteiger charge is 2.11. The second-order valence-corrected chi connectivity index (χ2v) is 8.24. The number of hydrogen-bond donors (Lipinski definition) is 0. The van der Waals surface area contributed by atoms with Crippen molar-refractivity contribution < 1.29 is 21.7 Å². The van der Waals surface area contributed by atoms with Crippen molar-refractivity contribution in [2.24, 2.45) is 0 Å². The zero-order chi connectivity index (χ0) is 18.4. The highest BCUT2D eigenvalue weighted by Crippen LogP contribution is 2.21. The zero-order valence-electron chi connectivity index (χ0n) is 17.7. The van der Waals surface area contributed by atoms with Crippen LogP contribution < -0.4 is 26.2 Å². The summed E-state index contributed by atoms with van der Waals surface area (Å²) in [6.07, 6.45) is 16.6. The minimum Gasteiger partial charge on any atom is -1.00 e. The molecule has 1 rings (SSSR count). The van der Waals surface area contributed by atoms with E-state index in [0.29, 0.717) is 0 Å². The number of benzene rings is 1. The quantitative estimate of drug-likeness (QED) is 0.304. The Balaban J connectivity index is 0.00000625. The monoisotopic (exact) mass is 427 g/mol. The summed E-state index contributed by atoms with van der Waals surface area (Å²) in [7, 11) is 6.55. The van der Waals surface area contributed by atoms with E-state index in [2.05, 4.69) is 52.3 Å². The molecular weight excluding hydrogens is 386 g/mol. The van der Waals surface area contributed by atoms with Gasteiger partial charge in [-0.15, -0.1) is 0 Å². The highest BCUT2D eigenvalue weighted by atomic mass is 79.9. The maximum atomic E-state index is 5.86. The van der Waals surface area contributed by atoms with Crippen LogP contribution in [0, 0.1) is 0 Å². The fourth-order valence-electron chi connectivity index (χ4n) is 3.12. The predicted molar refractivity (Wildman–Crippen MR) is 113 cm³/mol. The zero-order valence-corrected chi connectivity index (χ0v) is 19.3. The molecule has 0 saturated heterocycles. The van der Waals surface area contributed by atoms with Crippen molar-refractivity contribution in [1.82, 2.24) is 4.48 Å². The summed E-state index contributed by atoms with van der Waals surface area (Å²) in [5.74, 6) is 1.00. The molecule has 0 aliphatic rings. The molecule has 0 unspecified atom stereocenters. The molecule has 0 aromatic heterocycles. The van der Waals surface area contributed by atoms with Crippen molar-refractivity contribution in [1.29, 1.82) is 0 Å². The summed E-state index contributed by atoms with van der Waals surface area (Å²) in [4.78, 5) is 0. The van der Waals surface area contributed by atoms with Gasteiger partial charge in [0.2, 0.25) is 0 Å². The van der Waals surface area contributed by atoms with Crippen molar-refractivity contribution in [3.8, 4) is 5.75 Å². The van der Waals surface area contributed by atoms with Crippen molar-refractivity contribution in [3.05, 3.63) is 24.3 Å². The molecule has 0 aliphatic heterocycles. The lowest BCUT2D eigenvalue weighted by Crippen LogP contribution is -3.00. The standard InChI is InChI=1S/C23H42NO.BrH/c1-5-6-7-8-9-10-11-12-13-14-15-16-21-25-23-19-17-22(18-20-23)24(2,3)4;/h17-20H,5-16,21H2,1-4H3;1H/q+1;/p-1. The van der Waals surface area contributed by atoms with Crippen LogP contribution in [0.5, 0.6) is 5.75 Å². The number of hydrogen-bond acceptors (Lipinski definition) is 1. The Morgan fingerprint density at radius 1 is 0.654 bits per heavy atom. The molecule has 0 atom stereocenters. The van der Waals surface area contributed by atoms with E-state index < -0.39 is 0 Å². The van der Waals surface area contributed by atoms with E-state index in [1.165, 1.54) is 82.7 Å². The number of nitrogens with zero attached hydrogens (tertiary/aromatic N) is 1. The highest BCUT2D eigenvalue weighted by molar-refractivity contribution is 5.44. The van der Waals surface area contributed by atoms with Crippen LogP contribution in [0.1, 0.15) is 84.0 Å².